The van der Waals surface area contributed by atoms with Crippen LogP contribution in [0.15, 0.2) is 42.5 Å². The zero-order chi connectivity index (χ0) is 18.8. The first-order chi connectivity index (χ1) is 12.4. The standard InChI is InChI=1S/C17H12FN3O5/c18-12-6-2-1-4-10(12)8-19-14(22)9-20-16(23)11-5-3-7-13(21(25)26)15(11)17(20)24/h1-7H,8-9H2,(H,19,22). The first-order valence-corrected chi connectivity index (χ1v) is 7.54. The minimum Gasteiger partial charge on any atom is -0.350 e. The summed E-state index contributed by atoms with van der Waals surface area (Å²) in [7, 11) is 0. The molecule has 2 aromatic carbocycles. The fourth-order valence-corrected chi connectivity index (χ4v) is 2.65. The number of halogens is 1. The molecule has 132 valence electrons. The number of nitro groups is 1. The van der Waals surface area contributed by atoms with Gasteiger partial charge in [-0.15, -0.1) is 0 Å². The first-order valence-electron chi connectivity index (χ1n) is 7.54. The predicted octanol–water partition coefficient (Wildman–Crippen LogP) is 1.65. The van der Waals surface area contributed by atoms with Crippen LogP contribution in [0.25, 0.3) is 0 Å². The molecule has 0 saturated heterocycles. The highest BCUT2D eigenvalue weighted by molar-refractivity contribution is 6.24. The second kappa shape index (κ2) is 6.71. The third-order valence-corrected chi connectivity index (χ3v) is 3.91. The number of fused-ring (bicyclic) bond motifs is 1. The van der Waals surface area contributed by atoms with Crippen molar-refractivity contribution in [3.63, 3.8) is 0 Å². The van der Waals surface area contributed by atoms with Crippen molar-refractivity contribution in [3.8, 4) is 0 Å². The summed E-state index contributed by atoms with van der Waals surface area (Å²) >= 11 is 0. The molecule has 0 aromatic heterocycles. The van der Waals surface area contributed by atoms with Crippen LogP contribution in [0.1, 0.15) is 26.3 Å². The molecule has 0 bridgehead atoms. The van der Waals surface area contributed by atoms with Crippen molar-refractivity contribution in [2.45, 2.75) is 6.54 Å². The van der Waals surface area contributed by atoms with Crippen molar-refractivity contribution in [3.05, 3.63) is 75.1 Å². The third kappa shape index (κ3) is 3.02. The smallest absolute Gasteiger partial charge is 0.282 e. The minimum atomic E-state index is -0.904. The number of hydrogen-bond acceptors (Lipinski definition) is 5. The van der Waals surface area contributed by atoms with E-state index in [-0.39, 0.29) is 23.2 Å². The first kappa shape index (κ1) is 17.2. The van der Waals surface area contributed by atoms with E-state index in [1.165, 1.54) is 30.3 Å². The van der Waals surface area contributed by atoms with E-state index < -0.39 is 40.7 Å². The van der Waals surface area contributed by atoms with E-state index in [1.54, 1.807) is 6.07 Å². The van der Waals surface area contributed by atoms with Crippen LogP contribution in [0, 0.1) is 15.9 Å². The Hall–Kier alpha value is -3.62. The molecule has 3 amide bonds. The molecule has 2 aromatic rings. The van der Waals surface area contributed by atoms with Crippen LogP contribution in [0.4, 0.5) is 10.1 Å². The van der Waals surface area contributed by atoms with Gasteiger partial charge in [0.25, 0.3) is 17.5 Å². The molecular formula is C17H12FN3O5. The Balaban J connectivity index is 1.73. The van der Waals surface area contributed by atoms with Gasteiger partial charge >= 0.3 is 0 Å². The van der Waals surface area contributed by atoms with Gasteiger partial charge in [0.1, 0.15) is 17.9 Å². The second-order valence-corrected chi connectivity index (χ2v) is 5.52. The number of carbonyl (C=O) groups is 3. The molecule has 0 aliphatic carbocycles. The average Bonchev–Trinajstić information content (AvgIpc) is 2.86. The number of nitro benzene ring substituents is 1. The fourth-order valence-electron chi connectivity index (χ4n) is 2.65. The van der Waals surface area contributed by atoms with Crippen LogP contribution in [-0.2, 0) is 11.3 Å². The molecule has 26 heavy (non-hydrogen) atoms. The van der Waals surface area contributed by atoms with Gasteiger partial charge in [0.2, 0.25) is 5.91 Å². The number of nitrogens with zero attached hydrogens (tertiary/aromatic N) is 2. The Labute approximate surface area is 146 Å². The van der Waals surface area contributed by atoms with E-state index in [9.17, 15) is 28.9 Å². The van der Waals surface area contributed by atoms with E-state index in [2.05, 4.69) is 5.32 Å². The molecule has 1 N–H and O–H groups in total. The van der Waals surface area contributed by atoms with Gasteiger partial charge in [0, 0.05) is 18.2 Å². The van der Waals surface area contributed by atoms with Gasteiger partial charge < -0.3 is 5.32 Å². The van der Waals surface area contributed by atoms with Gasteiger partial charge in [0.05, 0.1) is 10.5 Å². The number of benzene rings is 2. The van der Waals surface area contributed by atoms with Crippen molar-refractivity contribution >= 4 is 23.4 Å². The summed E-state index contributed by atoms with van der Waals surface area (Å²) in [6.45, 7) is -0.729. The van der Waals surface area contributed by atoms with E-state index in [1.807, 2.05) is 0 Å². The van der Waals surface area contributed by atoms with Crippen LogP contribution in [-0.4, -0.2) is 34.1 Å². The summed E-state index contributed by atoms with van der Waals surface area (Å²) in [4.78, 5) is 47.6. The lowest BCUT2D eigenvalue weighted by Crippen LogP contribution is -2.40. The maximum absolute atomic E-state index is 13.5. The average molecular weight is 357 g/mol. The maximum Gasteiger partial charge on any atom is 0.282 e. The molecule has 1 heterocycles. The number of imide groups is 1. The molecule has 0 spiro atoms. The lowest BCUT2D eigenvalue weighted by atomic mass is 10.1. The molecule has 9 heteroatoms. The van der Waals surface area contributed by atoms with Gasteiger partial charge in [-0.25, -0.2) is 4.39 Å². The van der Waals surface area contributed by atoms with E-state index in [0.29, 0.717) is 4.90 Å². The van der Waals surface area contributed by atoms with Gasteiger partial charge in [0.15, 0.2) is 0 Å². The number of rotatable bonds is 5. The van der Waals surface area contributed by atoms with Crippen LogP contribution in [0.5, 0.6) is 0 Å². The van der Waals surface area contributed by atoms with Crippen LogP contribution in [0.3, 0.4) is 0 Å². The maximum atomic E-state index is 13.5. The molecule has 1 aliphatic rings. The molecule has 8 nitrogen and oxygen atoms in total. The molecule has 1 aliphatic heterocycles. The summed E-state index contributed by atoms with van der Waals surface area (Å²) in [6.07, 6.45) is 0. The monoisotopic (exact) mass is 357 g/mol. The highest BCUT2D eigenvalue weighted by Gasteiger charge is 2.41. The van der Waals surface area contributed by atoms with E-state index in [4.69, 9.17) is 0 Å². The van der Waals surface area contributed by atoms with E-state index in [0.717, 1.165) is 6.07 Å². The zero-order valence-corrected chi connectivity index (χ0v) is 13.3. The molecule has 0 radical (unpaired) electrons. The van der Waals surface area contributed by atoms with Crippen molar-refractivity contribution < 1.29 is 23.7 Å². The Morgan fingerprint density at radius 2 is 1.85 bits per heavy atom. The Morgan fingerprint density at radius 1 is 1.12 bits per heavy atom. The van der Waals surface area contributed by atoms with Crippen molar-refractivity contribution in [2.24, 2.45) is 0 Å². The summed E-state index contributed by atoms with van der Waals surface area (Å²) in [6, 6.07) is 9.54. The van der Waals surface area contributed by atoms with Gasteiger partial charge in [-0.1, -0.05) is 24.3 Å². The lowest BCUT2D eigenvalue weighted by Gasteiger charge is -2.13. The van der Waals surface area contributed by atoms with Gasteiger partial charge in [-0.05, 0) is 12.1 Å². The van der Waals surface area contributed by atoms with E-state index >= 15 is 0 Å². The van der Waals surface area contributed by atoms with Crippen LogP contribution in [0.2, 0.25) is 0 Å². The summed E-state index contributed by atoms with van der Waals surface area (Å²) in [5.41, 5.74) is -0.690. The Morgan fingerprint density at radius 3 is 2.54 bits per heavy atom. The molecular weight excluding hydrogens is 345 g/mol. The summed E-state index contributed by atoms with van der Waals surface area (Å²) in [5.74, 6) is -2.87. The quantitative estimate of drug-likeness (QED) is 0.497. The Bertz CT molecular complexity index is 944. The molecule has 0 atom stereocenters. The van der Waals surface area contributed by atoms with Crippen molar-refractivity contribution in [1.82, 2.24) is 10.2 Å². The topological polar surface area (TPSA) is 110 Å². The van der Waals surface area contributed by atoms with Gasteiger partial charge in [-0.3, -0.25) is 29.4 Å². The zero-order valence-electron chi connectivity index (χ0n) is 13.3. The van der Waals surface area contributed by atoms with Crippen LogP contribution >= 0.6 is 0 Å². The second-order valence-electron chi connectivity index (χ2n) is 5.52. The highest BCUT2D eigenvalue weighted by Crippen LogP contribution is 2.30. The number of carbonyl (C=O) groups excluding carboxylic acids is 3. The SMILES string of the molecule is O=C(CN1C(=O)c2cccc([N+](=O)[O-])c2C1=O)NCc1ccccc1F. The van der Waals surface area contributed by atoms with Gasteiger partial charge in [-0.2, -0.15) is 0 Å². The normalized spacial score (nSPS) is 12.9. The summed E-state index contributed by atoms with van der Waals surface area (Å²) < 4.78 is 13.5. The molecule has 0 unspecified atom stereocenters. The minimum absolute atomic E-state index is 0.116. The molecule has 3 rings (SSSR count). The summed E-state index contributed by atoms with van der Waals surface area (Å²) in [5, 5.41) is 13.5. The number of amides is 3. The molecule has 0 saturated carbocycles. The van der Waals surface area contributed by atoms with Crippen molar-refractivity contribution in [2.75, 3.05) is 6.54 Å². The van der Waals surface area contributed by atoms with Crippen molar-refractivity contribution in [1.29, 1.82) is 0 Å². The number of hydrogen-bond donors (Lipinski definition) is 1. The molecule has 0 fully saturated rings. The largest absolute Gasteiger partial charge is 0.350 e. The van der Waals surface area contributed by atoms with Crippen LogP contribution < -0.4 is 5.32 Å². The highest BCUT2D eigenvalue weighted by atomic mass is 19.1. The lowest BCUT2D eigenvalue weighted by molar-refractivity contribution is -0.385. The Kier molecular flexibility index (Phi) is 4.44. The third-order valence-electron chi connectivity index (χ3n) is 3.91. The number of nitrogens with one attached hydrogen (secondary N) is 1. The fraction of sp³-hybridized carbons (Fsp3) is 0.118. The predicted molar refractivity (Wildman–Crippen MR) is 86.7 cm³/mol.